The molecule has 0 aliphatic rings. The lowest BCUT2D eigenvalue weighted by atomic mass is 10.0. The van der Waals surface area contributed by atoms with Gasteiger partial charge in [-0.25, -0.2) is 0 Å². The van der Waals surface area contributed by atoms with Crippen LogP contribution in [-0.2, 0) is 21.7 Å². The molecule has 0 heterocycles. The Kier molecular flexibility index (Phi) is 10.7. The average molecular weight is 559 g/mol. The Balaban J connectivity index is 1.17. The predicted molar refractivity (Wildman–Crippen MR) is 173 cm³/mol. The van der Waals surface area contributed by atoms with Crippen LogP contribution < -0.4 is 10.4 Å². The molecule has 0 saturated carbocycles. The van der Waals surface area contributed by atoms with Crippen molar-refractivity contribution in [3.63, 3.8) is 0 Å². The van der Waals surface area contributed by atoms with E-state index in [-0.39, 0.29) is 12.2 Å². The van der Waals surface area contributed by atoms with E-state index >= 15 is 0 Å². The van der Waals surface area contributed by atoms with Crippen LogP contribution in [0, 0.1) is 0 Å². The molecular formula is C36H38O2Si2. The highest BCUT2D eigenvalue weighted by Gasteiger charge is 2.14. The Bertz CT molecular complexity index is 1270. The van der Waals surface area contributed by atoms with Gasteiger partial charge in [-0.15, -0.1) is 0 Å². The molecule has 5 aromatic carbocycles. The van der Waals surface area contributed by atoms with E-state index in [4.69, 9.17) is 8.85 Å². The molecule has 0 N–H and O–H groups in total. The molecule has 2 nitrogen and oxygen atoms in total. The smallest absolute Gasteiger partial charge is 0.193 e. The minimum absolute atomic E-state index is 0.127. The molecule has 0 aliphatic heterocycles. The summed E-state index contributed by atoms with van der Waals surface area (Å²) < 4.78 is 13.2. The van der Waals surface area contributed by atoms with E-state index in [0.29, 0.717) is 0 Å². The minimum atomic E-state index is -0.853. The van der Waals surface area contributed by atoms with E-state index in [1.807, 2.05) is 0 Å². The largest absolute Gasteiger partial charge is 0.412 e. The van der Waals surface area contributed by atoms with Gasteiger partial charge in [0.25, 0.3) is 0 Å². The van der Waals surface area contributed by atoms with Gasteiger partial charge in [0.15, 0.2) is 19.5 Å². The Morgan fingerprint density at radius 1 is 0.400 bits per heavy atom. The molecule has 5 rings (SSSR count). The van der Waals surface area contributed by atoms with E-state index in [9.17, 15) is 0 Å². The molecule has 0 amide bonds. The lowest BCUT2D eigenvalue weighted by Gasteiger charge is -2.20. The molecule has 2 atom stereocenters. The molecule has 0 saturated heterocycles. The average Bonchev–Trinajstić information content (AvgIpc) is 3.03. The Hall–Kier alpha value is -3.55. The first-order chi connectivity index (χ1) is 19.8. The van der Waals surface area contributed by atoms with Gasteiger partial charge in [-0.2, -0.15) is 0 Å². The monoisotopic (exact) mass is 558 g/mol. The van der Waals surface area contributed by atoms with Crippen molar-refractivity contribution in [2.45, 2.75) is 37.9 Å². The number of hydrogen-bond donors (Lipinski definition) is 0. The number of rotatable bonds is 14. The van der Waals surface area contributed by atoms with Crippen LogP contribution in [0.3, 0.4) is 0 Å². The van der Waals surface area contributed by atoms with Crippen molar-refractivity contribution in [1.82, 2.24) is 0 Å². The van der Waals surface area contributed by atoms with Gasteiger partial charge in [-0.3, -0.25) is 0 Å². The zero-order valence-corrected chi connectivity index (χ0v) is 25.9. The molecule has 0 spiro atoms. The van der Waals surface area contributed by atoms with Crippen molar-refractivity contribution in [2.24, 2.45) is 0 Å². The summed E-state index contributed by atoms with van der Waals surface area (Å²) in [6.45, 7) is 0. The van der Waals surface area contributed by atoms with E-state index in [0.717, 1.165) is 25.7 Å². The molecule has 0 radical (unpaired) electrons. The zero-order valence-electron chi connectivity index (χ0n) is 23.1. The second kappa shape index (κ2) is 15.3. The van der Waals surface area contributed by atoms with Gasteiger partial charge in [-0.05, 0) is 58.3 Å². The summed E-state index contributed by atoms with van der Waals surface area (Å²) in [6, 6.07) is 51.8. The fourth-order valence-corrected chi connectivity index (χ4v) is 7.40. The summed E-state index contributed by atoms with van der Waals surface area (Å²) in [7, 11) is -1.71. The SMILES string of the molecule is c1ccc(CCC(O[SiH2]c2ccc([SiH2]OC(CCc3ccccc3)c3ccccc3)cc2)c2ccccc2)cc1. The van der Waals surface area contributed by atoms with Crippen LogP contribution >= 0.6 is 0 Å². The van der Waals surface area contributed by atoms with Crippen LogP contribution in [0.2, 0.25) is 0 Å². The summed E-state index contributed by atoms with van der Waals surface area (Å²) in [4.78, 5) is 0. The van der Waals surface area contributed by atoms with E-state index in [1.165, 1.54) is 32.6 Å². The fourth-order valence-electron chi connectivity index (χ4n) is 5.04. The molecule has 4 heteroatoms. The maximum atomic E-state index is 6.62. The van der Waals surface area contributed by atoms with Gasteiger partial charge in [0.05, 0.1) is 12.2 Å². The molecule has 0 bridgehead atoms. The third-order valence-electron chi connectivity index (χ3n) is 7.34. The lowest BCUT2D eigenvalue weighted by molar-refractivity contribution is 0.209. The molecule has 2 unspecified atom stereocenters. The highest BCUT2D eigenvalue weighted by molar-refractivity contribution is 6.49. The van der Waals surface area contributed by atoms with Crippen molar-refractivity contribution >= 4 is 29.9 Å². The van der Waals surface area contributed by atoms with Gasteiger partial charge in [0.2, 0.25) is 0 Å². The molecule has 0 aromatic heterocycles. The quantitative estimate of drug-likeness (QED) is 0.158. The highest BCUT2D eigenvalue weighted by Crippen LogP contribution is 2.24. The van der Waals surface area contributed by atoms with Crippen molar-refractivity contribution in [1.29, 1.82) is 0 Å². The standard InChI is InChI=1S/C36H38O2Si2/c1-5-13-29(14-6-1)21-27-35(31-17-9-3-10-18-31)37-39-33-23-25-34(26-24-33)40-38-36(32-19-11-4-12-20-32)28-22-30-15-7-2-8-16-30/h1-20,23-26,35-36H,21-22,27-28,39-40H2. The van der Waals surface area contributed by atoms with Gasteiger partial charge < -0.3 is 8.85 Å². The molecule has 40 heavy (non-hydrogen) atoms. The maximum absolute atomic E-state index is 6.62. The molecule has 0 aliphatic carbocycles. The van der Waals surface area contributed by atoms with Crippen LogP contribution in [-0.4, -0.2) is 19.5 Å². The van der Waals surface area contributed by atoms with Gasteiger partial charge in [0, 0.05) is 0 Å². The lowest BCUT2D eigenvalue weighted by Crippen LogP contribution is -2.25. The van der Waals surface area contributed by atoms with E-state index in [2.05, 4.69) is 146 Å². The minimum Gasteiger partial charge on any atom is -0.412 e. The maximum Gasteiger partial charge on any atom is 0.193 e. The van der Waals surface area contributed by atoms with Crippen molar-refractivity contribution in [3.05, 3.63) is 168 Å². The topological polar surface area (TPSA) is 18.5 Å². The van der Waals surface area contributed by atoms with Gasteiger partial charge >= 0.3 is 0 Å². The van der Waals surface area contributed by atoms with Crippen molar-refractivity contribution in [2.75, 3.05) is 0 Å². The predicted octanol–water partition coefficient (Wildman–Crippen LogP) is 5.89. The molecule has 202 valence electrons. The fraction of sp³-hybridized carbons (Fsp3) is 0.167. The Morgan fingerprint density at radius 2 is 0.725 bits per heavy atom. The zero-order chi connectivity index (χ0) is 27.2. The first-order valence-electron chi connectivity index (χ1n) is 14.3. The number of benzene rings is 5. The number of hydrogen-bond acceptors (Lipinski definition) is 2. The molecular weight excluding hydrogens is 521 g/mol. The van der Waals surface area contributed by atoms with Crippen LogP contribution in [0.25, 0.3) is 0 Å². The van der Waals surface area contributed by atoms with Gasteiger partial charge in [-0.1, -0.05) is 146 Å². The van der Waals surface area contributed by atoms with Crippen LogP contribution in [0.1, 0.15) is 47.3 Å². The third-order valence-corrected chi connectivity index (χ3v) is 10.1. The Labute approximate surface area is 243 Å². The normalized spacial score (nSPS) is 13.2. The second-order valence-corrected chi connectivity index (χ2v) is 13.2. The number of aryl methyl sites for hydroxylation is 2. The summed E-state index contributed by atoms with van der Waals surface area (Å²) >= 11 is 0. The molecule has 5 aromatic rings. The first kappa shape index (κ1) is 28.0. The summed E-state index contributed by atoms with van der Waals surface area (Å²) in [5.41, 5.74) is 5.26. The van der Waals surface area contributed by atoms with Crippen molar-refractivity contribution < 1.29 is 8.85 Å². The summed E-state index contributed by atoms with van der Waals surface area (Å²) in [5.74, 6) is 0. The van der Waals surface area contributed by atoms with Crippen molar-refractivity contribution in [3.8, 4) is 0 Å². The van der Waals surface area contributed by atoms with Crippen LogP contribution in [0.15, 0.2) is 146 Å². The van der Waals surface area contributed by atoms with E-state index < -0.39 is 19.5 Å². The highest BCUT2D eigenvalue weighted by atomic mass is 28.2. The second-order valence-electron chi connectivity index (χ2n) is 10.3. The third kappa shape index (κ3) is 8.73. The van der Waals surface area contributed by atoms with Crippen LogP contribution in [0.5, 0.6) is 0 Å². The first-order valence-corrected chi connectivity index (χ1v) is 16.9. The summed E-state index contributed by atoms with van der Waals surface area (Å²) in [5, 5.41) is 2.67. The van der Waals surface area contributed by atoms with Crippen LogP contribution in [0.4, 0.5) is 0 Å². The molecule has 0 fully saturated rings. The summed E-state index contributed by atoms with van der Waals surface area (Å²) in [6.07, 6.45) is 4.27. The Morgan fingerprint density at radius 3 is 1.07 bits per heavy atom. The van der Waals surface area contributed by atoms with Gasteiger partial charge in [0.1, 0.15) is 0 Å². The van der Waals surface area contributed by atoms with E-state index in [1.54, 1.807) is 0 Å².